The van der Waals surface area contributed by atoms with Crippen LogP contribution in [0.2, 0.25) is 10.0 Å². The van der Waals surface area contributed by atoms with E-state index >= 15 is 0 Å². The van der Waals surface area contributed by atoms with Crippen molar-refractivity contribution >= 4 is 34.8 Å². The van der Waals surface area contributed by atoms with Gasteiger partial charge < -0.3 is 10.1 Å². The Morgan fingerprint density at radius 1 is 1.24 bits per heavy atom. The number of benzene rings is 1. The zero-order chi connectivity index (χ0) is 15.6. The highest BCUT2D eigenvalue weighted by Gasteiger charge is 2.29. The van der Waals surface area contributed by atoms with Gasteiger partial charge in [0.25, 0.3) is 0 Å². The Balaban J connectivity index is 2.02. The molecular formula is C15H20Cl2N2O2. The molecule has 0 bridgehead atoms. The Labute approximate surface area is 135 Å². The van der Waals surface area contributed by atoms with Crippen LogP contribution < -0.4 is 5.32 Å². The molecule has 1 aliphatic heterocycles. The highest BCUT2D eigenvalue weighted by Crippen LogP contribution is 2.23. The third-order valence-electron chi connectivity index (χ3n) is 3.51. The zero-order valence-electron chi connectivity index (χ0n) is 12.4. The molecule has 6 heteroatoms. The van der Waals surface area contributed by atoms with Gasteiger partial charge in [-0.1, -0.05) is 23.2 Å². The number of hydrogen-bond acceptors (Lipinski definition) is 3. The number of ether oxygens (including phenoxy) is 1. The quantitative estimate of drug-likeness (QED) is 0.923. The summed E-state index contributed by atoms with van der Waals surface area (Å²) in [5, 5.41) is 3.86. The van der Waals surface area contributed by atoms with Crippen molar-refractivity contribution in [3.05, 3.63) is 28.2 Å². The summed E-state index contributed by atoms with van der Waals surface area (Å²) in [6.45, 7) is 7.42. The highest BCUT2D eigenvalue weighted by molar-refractivity contribution is 6.35. The van der Waals surface area contributed by atoms with Crippen molar-refractivity contribution in [3.8, 4) is 0 Å². The van der Waals surface area contributed by atoms with Crippen LogP contribution in [0.5, 0.6) is 0 Å². The Bertz CT molecular complexity index is 494. The molecule has 1 fully saturated rings. The minimum atomic E-state index is -0.239. The van der Waals surface area contributed by atoms with Gasteiger partial charge in [0.15, 0.2) is 0 Å². The molecule has 0 saturated carbocycles. The fourth-order valence-electron chi connectivity index (χ4n) is 2.57. The molecule has 1 aromatic rings. The molecule has 1 amide bonds. The summed E-state index contributed by atoms with van der Waals surface area (Å²) in [4.78, 5) is 14.5. The highest BCUT2D eigenvalue weighted by atomic mass is 35.5. The van der Waals surface area contributed by atoms with E-state index in [9.17, 15) is 4.79 Å². The topological polar surface area (TPSA) is 41.6 Å². The van der Waals surface area contributed by atoms with Crippen LogP contribution in [-0.4, -0.2) is 42.1 Å². The minimum Gasteiger partial charge on any atom is -0.373 e. The summed E-state index contributed by atoms with van der Waals surface area (Å²) in [5.41, 5.74) is 0.610. The van der Waals surface area contributed by atoms with Gasteiger partial charge in [0.1, 0.15) is 0 Å². The van der Waals surface area contributed by atoms with Crippen molar-refractivity contribution in [3.63, 3.8) is 0 Å². The fourth-order valence-corrected chi connectivity index (χ4v) is 3.10. The number of amides is 1. The lowest BCUT2D eigenvalue weighted by Gasteiger charge is -2.38. The Kier molecular flexibility index (Phi) is 5.49. The van der Waals surface area contributed by atoms with E-state index in [2.05, 4.69) is 10.2 Å². The fraction of sp³-hybridized carbons (Fsp3) is 0.533. The van der Waals surface area contributed by atoms with E-state index < -0.39 is 0 Å². The molecule has 0 unspecified atom stereocenters. The number of rotatable bonds is 3. The molecule has 2 rings (SSSR count). The number of anilines is 1. The molecule has 0 aromatic heterocycles. The van der Waals surface area contributed by atoms with Crippen LogP contribution in [0, 0.1) is 0 Å². The van der Waals surface area contributed by atoms with Crippen LogP contribution in [-0.2, 0) is 9.53 Å². The lowest BCUT2D eigenvalue weighted by atomic mass is 10.1. The van der Waals surface area contributed by atoms with Crippen LogP contribution in [0.1, 0.15) is 20.8 Å². The van der Waals surface area contributed by atoms with E-state index in [4.69, 9.17) is 27.9 Å². The normalized spacial score (nSPS) is 24.6. The number of carbonyl (C=O) groups is 1. The van der Waals surface area contributed by atoms with Crippen molar-refractivity contribution < 1.29 is 9.53 Å². The summed E-state index contributed by atoms with van der Waals surface area (Å²) in [5.74, 6) is -0.0744. The summed E-state index contributed by atoms with van der Waals surface area (Å²) in [6.07, 6.45) is 0.259. The average Bonchev–Trinajstić information content (AvgIpc) is 2.35. The molecule has 116 valence electrons. The third kappa shape index (κ3) is 4.58. The van der Waals surface area contributed by atoms with Crippen molar-refractivity contribution in [1.82, 2.24) is 4.90 Å². The minimum absolute atomic E-state index is 0.0744. The van der Waals surface area contributed by atoms with Gasteiger partial charge in [-0.15, -0.1) is 0 Å². The smallest absolute Gasteiger partial charge is 0.241 e. The van der Waals surface area contributed by atoms with Crippen LogP contribution in [0.4, 0.5) is 5.69 Å². The molecule has 1 aliphatic rings. The van der Waals surface area contributed by atoms with E-state index in [1.807, 2.05) is 20.8 Å². The van der Waals surface area contributed by atoms with E-state index in [1.54, 1.807) is 18.2 Å². The molecule has 0 spiro atoms. The molecule has 0 aliphatic carbocycles. The SMILES string of the molecule is C[C@@H]1CN([C@H](C)C(=O)Nc2cc(Cl)cc(Cl)c2)C[C@@H](C)O1. The first-order chi connectivity index (χ1) is 9.85. The number of nitrogens with zero attached hydrogens (tertiary/aromatic N) is 1. The largest absolute Gasteiger partial charge is 0.373 e. The van der Waals surface area contributed by atoms with Gasteiger partial charge in [-0.25, -0.2) is 0 Å². The van der Waals surface area contributed by atoms with Gasteiger partial charge >= 0.3 is 0 Å². The molecule has 1 N–H and O–H groups in total. The first kappa shape index (κ1) is 16.6. The standard InChI is InChI=1S/C15H20Cl2N2O2/c1-9-7-19(8-10(2)21-9)11(3)15(20)18-14-5-12(16)4-13(17)6-14/h4-6,9-11H,7-8H2,1-3H3,(H,18,20)/t9-,10-,11-/m1/s1. The lowest BCUT2D eigenvalue weighted by Crippen LogP contribution is -2.52. The monoisotopic (exact) mass is 330 g/mol. The van der Waals surface area contributed by atoms with Gasteiger partial charge in [0.2, 0.25) is 5.91 Å². The van der Waals surface area contributed by atoms with Crippen LogP contribution in [0.3, 0.4) is 0 Å². The predicted octanol–water partition coefficient (Wildman–Crippen LogP) is 3.43. The molecule has 4 nitrogen and oxygen atoms in total. The summed E-state index contributed by atoms with van der Waals surface area (Å²) in [7, 11) is 0. The van der Waals surface area contributed by atoms with Gasteiger partial charge in [-0.3, -0.25) is 9.69 Å². The Hall–Kier alpha value is -0.810. The second-order valence-corrected chi connectivity index (χ2v) is 6.41. The maximum absolute atomic E-state index is 12.4. The Morgan fingerprint density at radius 2 is 1.76 bits per heavy atom. The molecule has 0 radical (unpaired) electrons. The number of halogens is 2. The van der Waals surface area contributed by atoms with E-state index in [0.717, 1.165) is 13.1 Å². The third-order valence-corrected chi connectivity index (χ3v) is 3.94. The number of nitrogens with one attached hydrogen (secondary N) is 1. The van der Waals surface area contributed by atoms with Crippen molar-refractivity contribution in [2.24, 2.45) is 0 Å². The van der Waals surface area contributed by atoms with Crippen molar-refractivity contribution in [2.75, 3.05) is 18.4 Å². The molecule has 3 atom stereocenters. The van der Waals surface area contributed by atoms with Gasteiger partial charge in [-0.05, 0) is 39.0 Å². The second-order valence-electron chi connectivity index (χ2n) is 5.53. The number of hydrogen-bond donors (Lipinski definition) is 1. The summed E-state index contributed by atoms with van der Waals surface area (Å²) in [6, 6.07) is 4.76. The Morgan fingerprint density at radius 3 is 2.29 bits per heavy atom. The van der Waals surface area contributed by atoms with E-state index in [1.165, 1.54) is 0 Å². The maximum Gasteiger partial charge on any atom is 0.241 e. The van der Waals surface area contributed by atoms with E-state index in [0.29, 0.717) is 15.7 Å². The predicted molar refractivity (Wildman–Crippen MR) is 86.1 cm³/mol. The van der Waals surface area contributed by atoms with Crippen LogP contribution >= 0.6 is 23.2 Å². The van der Waals surface area contributed by atoms with Crippen LogP contribution in [0.15, 0.2) is 18.2 Å². The van der Waals surface area contributed by atoms with Gasteiger partial charge in [-0.2, -0.15) is 0 Å². The molecule has 1 saturated heterocycles. The molecule has 1 aromatic carbocycles. The van der Waals surface area contributed by atoms with Gasteiger partial charge in [0, 0.05) is 28.8 Å². The maximum atomic E-state index is 12.4. The van der Waals surface area contributed by atoms with Crippen molar-refractivity contribution in [1.29, 1.82) is 0 Å². The van der Waals surface area contributed by atoms with Gasteiger partial charge in [0.05, 0.1) is 18.2 Å². The number of morpholine rings is 1. The van der Waals surface area contributed by atoms with Crippen molar-refractivity contribution in [2.45, 2.75) is 39.0 Å². The summed E-state index contributed by atoms with van der Waals surface area (Å²) < 4.78 is 5.69. The molecular weight excluding hydrogens is 311 g/mol. The second kappa shape index (κ2) is 6.97. The zero-order valence-corrected chi connectivity index (χ0v) is 13.9. The molecule has 1 heterocycles. The van der Waals surface area contributed by atoms with Crippen LogP contribution in [0.25, 0.3) is 0 Å². The summed E-state index contributed by atoms with van der Waals surface area (Å²) >= 11 is 11.9. The average molecular weight is 331 g/mol. The first-order valence-electron chi connectivity index (χ1n) is 7.01. The molecule has 21 heavy (non-hydrogen) atoms. The number of carbonyl (C=O) groups excluding carboxylic acids is 1. The first-order valence-corrected chi connectivity index (χ1v) is 7.77. The van der Waals surface area contributed by atoms with E-state index in [-0.39, 0.29) is 24.2 Å². The lowest BCUT2D eigenvalue weighted by molar-refractivity contribution is -0.126.